The van der Waals surface area contributed by atoms with Gasteiger partial charge < -0.3 is 9.72 Å². The number of H-pyrrole nitrogens is 1. The van der Waals surface area contributed by atoms with Crippen LogP contribution in [-0.4, -0.2) is 33.1 Å². The van der Waals surface area contributed by atoms with E-state index in [4.69, 9.17) is 9.72 Å². The van der Waals surface area contributed by atoms with Gasteiger partial charge in [0.2, 0.25) is 0 Å². The molecule has 0 saturated carbocycles. The Morgan fingerprint density at radius 2 is 2.13 bits per heavy atom. The van der Waals surface area contributed by atoms with Crippen LogP contribution in [0.4, 0.5) is 4.79 Å². The maximum absolute atomic E-state index is 12.6. The highest BCUT2D eigenvalue weighted by molar-refractivity contribution is 5.68. The number of hydrogen-bond acceptors (Lipinski definition) is 3. The first-order valence-corrected chi connectivity index (χ1v) is 8.97. The number of amides is 1. The molecule has 23 heavy (non-hydrogen) atoms. The Morgan fingerprint density at radius 3 is 2.83 bits per heavy atom. The van der Waals surface area contributed by atoms with Crippen molar-refractivity contribution >= 4 is 6.09 Å². The van der Waals surface area contributed by atoms with Gasteiger partial charge in [-0.05, 0) is 59.3 Å². The molecule has 0 aromatic carbocycles. The van der Waals surface area contributed by atoms with Crippen molar-refractivity contribution in [1.82, 2.24) is 14.9 Å². The summed E-state index contributed by atoms with van der Waals surface area (Å²) in [4.78, 5) is 22.8. The van der Waals surface area contributed by atoms with Crippen molar-refractivity contribution in [3.8, 4) is 0 Å². The van der Waals surface area contributed by atoms with Crippen LogP contribution < -0.4 is 0 Å². The third-order valence-electron chi connectivity index (χ3n) is 4.90. The van der Waals surface area contributed by atoms with Gasteiger partial charge in [0, 0.05) is 18.2 Å². The zero-order valence-corrected chi connectivity index (χ0v) is 14.8. The van der Waals surface area contributed by atoms with Crippen molar-refractivity contribution in [1.29, 1.82) is 0 Å². The van der Waals surface area contributed by atoms with Crippen LogP contribution in [0, 0.1) is 0 Å². The molecule has 1 saturated heterocycles. The zero-order valence-electron chi connectivity index (χ0n) is 14.8. The number of aromatic amines is 1. The molecule has 1 aromatic heterocycles. The fraction of sp³-hybridized carbons (Fsp3) is 0.778. The topological polar surface area (TPSA) is 58.2 Å². The van der Waals surface area contributed by atoms with Crippen molar-refractivity contribution in [3.05, 3.63) is 17.2 Å². The number of fused-ring (bicyclic) bond motifs is 1. The number of carbonyl (C=O) groups excluding carboxylic acids is 1. The van der Waals surface area contributed by atoms with E-state index in [0.29, 0.717) is 5.92 Å². The molecule has 1 aromatic rings. The molecule has 3 rings (SSSR count). The molecule has 0 radical (unpaired) electrons. The van der Waals surface area contributed by atoms with Crippen LogP contribution >= 0.6 is 0 Å². The number of nitrogens with one attached hydrogen (secondary N) is 1. The Balaban J connectivity index is 1.81. The summed E-state index contributed by atoms with van der Waals surface area (Å²) in [5.41, 5.74) is 2.05. The Hall–Kier alpha value is -1.52. The summed E-state index contributed by atoms with van der Waals surface area (Å²) in [5, 5.41) is 0. The maximum atomic E-state index is 12.6. The van der Waals surface area contributed by atoms with E-state index in [-0.39, 0.29) is 12.1 Å². The molecule has 2 aliphatic rings. The van der Waals surface area contributed by atoms with E-state index in [1.807, 2.05) is 25.7 Å². The summed E-state index contributed by atoms with van der Waals surface area (Å²) in [7, 11) is 0. The Labute approximate surface area is 138 Å². The summed E-state index contributed by atoms with van der Waals surface area (Å²) in [6, 6.07) is 0.0294. The minimum atomic E-state index is -0.461. The van der Waals surface area contributed by atoms with Gasteiger partial charge >= 0.3 is 6.09 Å². The van der Waals surface area contributed by atoms with Gasteiger partial charge in [-0.25, -0.2) is 9.78 Å². The maximum Gasteiger partial charge on any atom is 0.410 e. The molecule has 1 aliphatic carbocycles. The third-order valence-corrected chi connectivity index (χ3v) is 4.90. The molecule has 0 spiro atoms. The normalized spacial score (nSPS) is 24.6. The number of likely N-dealkylation sites (tertiary alicyclic amines) is 1. The predicted molar refractivity (Wildman–Crippen MR) is 89.5 cm³/mol. The third kappa shape index (κ3) is 3.38. The van der Waals surface area contributed by atoms with Crippen molar-refractivity contribution in [2.45, 2.75) is 83.8 Å². The van der Waals surface area contributed by atoms with Gasteiger partial charge in [-0.2, -0.15) is 0 Å². The highest BCUT2D eigenvalue weighted by Gasteiger charge is 2.35. The number of nitrogens with zero attached hydrogens (tertiary/aromatic N) is 2. The van der Waals surface area contributed by atoms with E-state index in [0.717, 1.165) is 44.5 Å². The van der Waals surface area contributed by atoms with E-state index in [2.05, 4.69) is 11.9 Å². The van der Waals surface area contributed by atoms with Gasteiger partial charge in [0.1, 0.15) is 11.4 Å². The lowest BCUT2D eigenvalue weighted by Gasteiger charge is -2.35. The molecule has 5 nitrogen and oxygen atoms in total. The Morgan fingerprint density at radius 1 is 1.35 bits per heavy atom. The molecule has 2 heterocycles. The quantitative estimate of drug-likeness (QED) is 0.883. The minimum Gasteiger partial charge on any atom is -0.444 e. The van der Waals surface area contributed by atoms with Crippen molar-refractivity contribution in [2.24, 2.45) is 0 Å². The molecule has 2 atom stereocenters. The SMILES string of the molecule is CCC1CCc2[nH]c(C3CCCCN3C(=O)OC(C)(C)C)nc21. The molecule has 1 amide bonds. The highest BCUT2D eigenvalue weighted by atomic mass is 16.6. The molecule has 0 bridgehead atoms. The smallest absolute Gasteiger partial charge is 0.410 e. The van der Waals surface area contributed by atoms with Gasteiger partial charge in [-0.15, -0.1) is 0 Å². The van der Waals surface area contributed by atoms with Gasteiger partial charge in [0.05, 0.1) is 11.7 Å². The monoisotopic (exact) mass is 319 g/mol. The lowest BCUT2D eigenvalue weighted by molar-refractivity contribution is 0.00850. The average molecular weight is 319 g/mol. The highest BCUT2D eigenvalue weighted by Crippen LogP contribution is 2.37. The van der Waals surface area contributed by atoms with Crippen molar-refractivity contribution in [3.63, 3.8) is 0 Å². The van der Waals surface area contributed by atoms with Gasteiger partial charge in [-0.1, -0.05) is 6.92 Å². The van der Waals surface area contributed by atoms with Crippen LogP contribution in [0.2, 0.25) is 0 Å². The molecule has 1 aliphatic heterocycles. The predicted octanol–water partition coefficient (Wildman–Crippen LogP) is 4.31. The zero-order chi connectivity index (χ0) is 16.6. The van der Waals surface area contributed by atoms with Crippen LogP contribution in [0.15, 0.2) is 0 Å². The first-order chi connectivity index (χ1) is 10.9. The van der Waals surface area contributed by atoms with E-state index in [1.165, 1.54) is 17.8 Å². The second-order valence-electron chi connectivity index (χ2n) is 7.82. The van der Waals surface area contributed by atoms with E-state index in [9.17, 15) is 4.79 Å². The number of piperidine rings is 1. The molecule has 1 N–H and O–H groups in total. The van der Waals surface area contributed by atoms with E-state index in [1.54, 1.807) is 0 Å². The molecular formula is C18H29N3O2. The first kappa shape index (κ1) is 16.3. The fourth-order valence-corrected chi connectivity index (χ4v) is 3.74. The molecule has 1 fully saturated rings. The summed E-state index contributed by atoms with van der Waals surface area (Å²) in [6.07, 6.45) is 6.33. The largest absolute Gasteiger partial charge is 0.444 e. The number of rotatable bonds is 2. The number of aromatic nitrogens is 2. The van der Waals surface area contributed by atoms with Crippen LogP contribution in [0.1, 0.15) is 89.0 Å². The number of ether oxygens (including phenoxy) is 1. The average Bonchev–Trinajstić information content (AvgIpc) is 3.05. The first-order valence-electron chi connectivity index (χ1n) is 8.97. The fourth-order valence-electron chi connectivity index (χ4n) is 3.74. The summed E-state index contributed by atoms with van der Waals surface area (Å²) < 4.78 is 5.59. The van der Waals surface area contributed by atoms with Crippen LogP contribution in [0.5, 0.6) is 0 Å². The molecule has 128 valence electrons. The number of hydrogen-bond donors (Lipinski definition) is 1. The van der Waals surface area contributed by atoms with Crippen LogP contribution in [-0.2, 0) is 11.2 Å². The van der Waals surface area contributed by atoms with Gasteiger partial charge in [0.25, 0.3) is 0 Å². The van der Waals surface area contributed by atoms with Crippen LogP contribution in [0.3, 0.4) is 0 Å². The van der Waals surface area contributed by atoms with E-state index >= 15 is 0 Å². The molecule has 2 unspecified atom stereocenters. The second-order valence-corrected chi connectivity index (χ2v) is 7.82. The Bertz CT molecular complexity index is 573. The number of aryl methyl sites for hydroxylation is 1. The lowest BCUT2D eigenvalue weighted by Crippen LogP contribution is -2.42. The summed E-state index contributed by atoms with van der Waals surface area (Å²) in [6.45, 7) is 8.72. The number of carbonyl (C=O) groups is 1. The Kier molecular flexibility index (Phi) is 4.39. The second kappa shape index (κ2) is 6.17. The van der Waals surface area contributed by atoms with Crippen LogP contribution in [0.25, 0.3) is 0 Å². The molecular weight excluding hydrogens is 290 g/mol. The summed E-state index contributed by atoms with van der Waals surface area (Å²) >= 11 is 0. The van der Waals surface area contributed by atoms with Gasteiger partial charge in [-0.3, -0.25) is 4.90 Å². The van der Waals surface area contributed by atoms with E-state index < -0.39 is 5.60 Å². The van der Waals surface area contributed by atoms with Gasteiger partial charge in [0.15, 0.2) is 0 Å². The summed E-state index contributed by atoms with van der Waals surface area (Å²) in [5.74, 6) is 1.53. The van der Waals surface area contributed by atoms with Crippen molar-refractivity contribution < 1.29 is 9.53 Å². The lowest BCUT2D eigenvalue weighted by atomic mass is 10.0. The standard InChI is InChI=1S/C18H29N3O2/c1-5-12-9-10-13-15(12)20-16(19-13)14-8-6-7-11-21(14)17(22)23-18(2,3)4/h12,14H,5-11H2,1-4H3,(H,19,20). The van der Waals surface area contributed by atoms with Crippen molar-refractivity contribution in [2.75, 3.05) is 6.54 Å². The molecule has 5 heteroatoms. The minimum absolute atomic E-state index is 0.0294. The number of imidazole rings is 1.